The van der Waals surface area contributed by atoms with Gasteiger partial charge in [0.15, 0.2) is 0 Å². The van der Waals surface area contributed by atoms with Crippen molar-refractivity contribution in [2.45, 2.75) is 12.8 Å². The summed E-state index contributed by atoms with van der Waals surface area (Å²) in [5.41, 5.74) is 1.06. The Bertz CT molecular complexity index is 470. The lowest BCUT2D eigenvalue weighted by atomic mass is 9.99. The fourth-order valence-corrected chi connectivity index (χ4v) is 2.11. The molecule has 0 atom stereocenters. The number of hydrogen-bond acceptors (Lipinski definition) is 3. The summed E-state index contributed by atoms with van der Waals surface area (Å²) in [6.07, 6.45) is 1.09. The van der Waals surface area contributed by atoms with Crippen molar-refractivity contribution in [3.8, 4) is 0 Å². The summed E-state index contributed by atoms with van der Waals surface area (Å²) < 4.78 is 0. The fraction of sp³-hybridized carbons (Fsp3) is 0.429. The third-order valence-corrected chi connectivity index (χ3v) is 3.30. The number of carbonyl (C=O) groups is 2. The van der Waals surface area contributed by atoms with Crippen LogP contribution in [0.2, 0.25) is 0 Å². The first-order valence-electron chi connectivity index (χ1n) is 6.45. The Kier molecular flexibility index (Phi) is 4.52. The Morgan fingerprint density at radius 2 is 2.05 bits per heavy atom. The first-order valence-corrected chi connectivity index (χ1v) is 6.45. The lowest BCUT2D eigenvalue weighted by molar-refractivity contribution is -0.122. The SMILES string of the molecule is O=C(CC1CNC1)NCCc1ccccc1C(=O)O. The molecule has 3 N–H and O–H groups in total. The first-order chi connectivity index (χ1) is 9.16. The molecule has 0 bridgehead atoms. The smallest absolute Gasteiger partial charge is 0.335 e. The molecule has 1 saturated heterocycles. The van der Waals surface area contributed by atoms with Crippen LogP contribution in [0.3, 0.4) is 0 Å². The summed E-state index contributed by atoms with van der Waals surface area (Å²) in [5, 5.41) is 15.0. The predicted octanol–water partition coefficient (Wildman–Crippen LogP) is 0.653. The van der Waals surface area contributed by atoms with E-state index >= 15 is 0 Å². The van der Waals surface area contributed by atoms with Gasteiger partial charge >= 0.3 is 5.97 Å². The van der Waals surface area contributed by atoms with Crippen LogP contribution in [0.15, 0.2) is 24.3 Å². The summed E-state index contributed by atoms with van der Waals surface area (Å²) in [5.74, 6) is -0.437. The number of hydrogen-bond donors (Lipinski definition) is 3. The molecule has 1 aliphatic rings. The van der Waals surface area contributed by atoms with Crippen LogP contribution in [0.1, 0.15) is 22.3 Å². The molecule has 1 aromatic rings. The van der Waals surface area contributed by atoms with Crippen molar-refractivity contribution in [3.05, 3.63) is 35.4 Å². The monoisotopic (exact) mass is 262 g/mol. The Morgan fingerprint density at radius 1 is 1.32 bits per heavy atom. The van der Waals surface area contributed by atoms with Gasteiger partial charge in [-0.05, 0) is 37.1 Å². The van der Waals surface area contributed by atoms with Crippen LogP contribution in [-0.2, 0) is 11.2 Å². The van der Waals surface area contributed by atoms with Crippen molar-refractivity contribution in [2.24, 2.45) is 5.92 Å². The van der Waals surface area contributed by atoms with Gasteiger partial charge in [0.05, 0.1) is 5.56 Å². The van der Waals surface area contributed by atoms with Gasteiger partial charge in [-0.3, -0.25) is 4.79 Å². The third kappa shape index (κ3) is 3.79. The predicted molar refractivity (Wildman–Crippen MR) is 71.1 cm³/mol. The zero-order valence-electron chi connectivity index (χ0n) is 10.7. The fourth-order valence-electron chi connectivity index (χ4n) is 2.11. The molecular formula is C14H18N2O3. The quantitative estimate of drug-likeness (QED) is 0.703. The lowest BCUT2D eigenvalue weighted by Gasteiger charge is -2.26. The molecule has 5 nitrogen and oxygen atoms in total. The highest BCUT2D eigenvalue weighted by atomic mass is 16.4. The molecule has 1 fully saturated rings. The van der Waals surface area contributed by atoms with Gasteiger partial charge in [-0.2, -0.15) is 0 Å². The zero-order valence-corrected chi connectivity index (χ0v) is 10.7. The van der Waals surface area contributed by atoms with Gasteiger partial charge in [0.1, 0.15) is 0 Å². The molecule has 5 heteroatoms. The standard InChI is InChI=1S/C14H18N2O3/c17-13(7-10-8-15-9-10)16-6-5-11-3-1-2-4-12(11)14(18)19/h1-4,10,15H,5-9H2,(H,16,17)(H,18,19). The van der Waals surface area contributed by atoms with Crippen LogP contribution in [0.25, 0.3) is 0 Å². The minimum atomic E-state index is -0.928. The molecule has 1 aliphatic heterocycles. The van der Waals surface area contributed by atoms with Crippen LogP contribution >= 0.6 is 0 Å². The maximum Gasteiger partial charge on any atom is 0.335 e. The van der Waals surface area contributed by atoms with E-state index in [4.69, 9.17) is 5.11 Å². The maximum absolute atomic E-state index is 11.6. The minimum Gasteiger partial charge on any atom is -0.478 e. The van der Waals surface area contributed by atoms with Gasteiger partial charge < -0.3 is 15.7 Å². The lowest BCUT2D eigenvalue weighted by Crippen LogP contribution is -2.44. The van der Waals surface area contributed by atoms with E-state index in [0.29, 0.717) is 30.9 Å². The normalized spacial score (nSPS) is 14.7. The number of carboxylic acids is 1. The molecule has 0 aliphatic carbocycles. The van der Waals surface area contributed by atoms with Crippen molar-refractivity contribution in [2.75, 3.05) is 19.6 Å². The van der Waals surface area contributed by atoms with Crippen LogP contribution in [-0.4, -0.2) is 36.6 Å². The van der Waals surface area contributed by atoms with E-state index in [0.717, 1.165) is 18.7 Å². The molecule has 102 valence electrons. The second kappa shape index (κ2) is 6.33. The van der Waals surface area contributed by atoms with Gasteiger partial charge in [-0.1, -0.05) is 18.2 Å². The highest BCUT2D eigenvalue weighted by molar-refractivity contribution is 5.89. The first kappa shape index (κ1) is 13.5. The van der Waals surface area contributed by atoms with E-state index in [1.165, 1.54) is 0 Å². The van der Waals surface area contributed by atoms with Crippen LogP contribution in [0.4, 0.5) is 0 Å². The zero-order chi connectivity index (χ0) is 13.7. The molecular weight excluding hydrogens is 244 g/mol. The highest BCUT2D eigenvalue weighted by Gasteiger charge is 2.19. The largest absolute Gasteiger partial charge is 0.478 e. The van der Waals surface area contributed by atoms with Crippen molar-refractivity contribution < 1.29 is 14.7 Å². The maximum atomic E-state index is 11.6. The van der Waals surface area contributed by atoms with Crippen LogP contribution in [0.5, 0.6) is 0 Å². The number of carbonyl (C=O) groups excluding carboxylic acids is 1. The average molecular weight is 262 g/mol. The summed E-state index contributed by atoms with van der Waals surface area (Å²) in [6.45, 7) is 2.30. The van der Waals surface area contributed by atoms with E-state index in [-0.39, 0.29) is 5.91 Å². The van der Waals surface area contributed by atoms with E-state index < -0.39 is 5.97 Å². The number of benzene rings is 1. The molecule has 0 unspecified atom stereocenters. The van der Waals surface area contributed by atoms with Crippen molar-refractivity contribution in [3.63, 3.8) is 0 Å². The summed E-state index contributed by atoms with van der Waals surface area (Å²) >= 11 is 0. The molecule has 1 aromatic carbocycles. The summed E-state index contributed by atoms with van der Waals surface area (Å²) in [4.78, 5) is 22.6. The minimum absolute atomic E-state index is 0.0410. The highest BCUT2D eigenvalue weighted by Crippen LogP contribution is 2.10. The van der Waals surface area contributed by atoms with E-state index in [1.54, 1.807) is 18.2 Å². The van der Waals surface area contributed by atoms with Crippen molar-refractivity contribution in [1.29, 1.82) is 0 Å². The van der Waals surface area contributed by atoms with E-state index in [1.807, 2.05) is 6.07 Å². The van der Waals surface area contributed by atoms with E-state index in [2.05, 4.69) is 10.6 Å². The Morgan fingerprint density at radius 3 is 2.68 bits per heavy atom. The number of rotatable bonds is 6. The molecule has 0 radical (unpaired) electrons. The van der Waals surface area contributed by atoms with Crippen molar-refractivity contribution in [1.82, 2.24) is 10.6 Å². The van der Waals surface area contributed by atoms with E-state index in [9.17, 15) is 9.59 Å². The molecule has 1 heterocycles. The number of carboxylic acid groups (broad SMARTS) is 1. The third-order valence-electron chi connectivity index (χ3n) is 3.30. The second-order valence-corrected chi connectivity index (χ2v) is 4.79. The number of amides is 1. The Hall–Kier alpha value is -1.88. The van der Waals surface area contributed by atoms with Crippen LogP contribution in [0, 0.1) is 5.92 Å². The number of aromatic carboxylic acids is 1. The van der Waals surface area contributed by atoms with Gasteiger partial charge in [0.2, 0.25) is 5.91 Å². The van der Waals surface area contributed by atoms with Gasteiger partial charge in [-0.15, -0.1) is 0 Å². The molecule has 0 spiro atoms. The van der Waals surface area contributed by atoms with Gasteiger partial charge in [0.25, 0.3) is 0 Å². The molecule has 0 aromatic heterocycles. The van der Waals surface area contributed by atoms with Gasteiger partial charge in [-0.25, -0.2) is 4.79 Å². The number of nitrogens with one attached hydrogen (secondary N) is 2. The van der Waals surface area contributed by atoms with Gasteiger partial charge in [0, 0.05) is 13.0 Å². The molecule has 1 amide bonds. The van der Waals surface area contributed by atoms with Crippen molar-refractivity contribution >= 4 is 11.9 Å². The molecule has 0 saturated carbocycles. The summed E-state index contributed by atoms with van der Waals surface area (Å²) in [7, 11) is 0. The Labute approximate surface area is 112 Å². The Balaban J connectivity index is 1.78. The topological polar surface area (TPSA) is 78.4 Å². The second-order valence-electron chi connectivity index (χ2n) is 4.79. The molecule has 2 rings (SSSR count). The van der Waals surface area contributed by atoms with Crippen LogP contribution < -0.4 is 10.6 Å². The summed E-state index contributed by atoms with van der Waals surface area (Å²) in [6, 6.07) is 6.88. The molecule has 19 heavy (non-hydrogen) atoms. The average Bonchev–Trinajstić information content (AvgIpc) is 2.34.